The van der Waals surface area contributed by atoms with Crippen molar-refractivity contribution < 1.29 is 26.7 Å². The topological polar surface area (TPSA) is 30.0 Å². The molecule has 0 amide bonds. The minimum atomic E-state index is -4.58. The minimum absolute atomic E-state index is 0.0310. The summed E-state index contributed by atoms with van der Waals surface area (Å²) in [7, 11) is 0. The lowest BCUT2D eigenvalue weighted by molar-refractivity contribution is -0.137. The first-order valence-electron chi connectivity index (χ1n) is 11.6. The van der Waals surface area contributed by atoms with E-state index in [1.807, 2.05) is 0 Å². The molecule has 38 heavy (non-hydrogen) atoms. The highest BCUT2D eigenvalue weighted by Gasteiger charge is 2.38. The number of carbonyl (C=O) groups excluding carboxylic acids is 1. The number of benzene rings is 3. The number of halogens is 7. The molecule has 2 nitrogen and oxygen atoms in total. The van der Waals surface area contributed by atoms with Crippen LogP contribution in [0.15, 0.2) is 60.7 Å². The molecule has 9 heteroatoms. The van der Waals surface area contributed by atoms with Crippen molar-refractivity contribution in [3.8, 4) is 22.4 Å². The number of alkyl halides is 4. The molecule has 0 fully saturated rings. The van der Waals surface area contributed by atoms with Crippen LogP contribution in [0.4, 0.5) is 22.0 Å². The average molecular weight is 562 g/mol. The van der Waals surface area contributed by atoms with Crippen LogP contribution in [0.5, 0.6) is 0 Å². The van der Waals surface area contributed by atoms with Gasteiger partial charge in [0.25, 0.3) is 0 Å². The van der Waals surface area contributed by atoms with Gasteiger partial charge in [0.15, 0.2) is 12.0 Å². The number of nitrogens with zero attached hydrogens (tertiary/aromatic N) is 1. The molecule has 0 N–H and O–H groups in total. The number of hydrogen-bond donors (Lipinski definition) is 0. The second-order valence-electron chi connectivity index (χ2n) is 9.29. The highest BCUT2D eigenvalue weighted by molar-refractivity contribution is 6.43. The van der Waals surface area contributed by atoms with Gasteiger partial charge in [-0.25, -0.2) is 8.78 Å². The molecule has 1 aliphatic rings. The maximum Gasteiger partial charge on any atom is 0.416 e. The maximum absolute atomic E-state index is 16.4. The van der Waals surface area contributed by atoms with Crippen LogP contribution in [0, 0.1) is 5.82 Å². The summed E-state index contributed by atoms with van der Waals surface area (Å²) in [5.41, 5.74) is 0.985. The van der Waals surface area contributed by atoms with Gasteiger partial charge in [-0.3, -0.25) is 9.78 Å². The van der Waals surface area contributed by atoms with Crippen LogP contribution < -0.4 is 0 Å². The van der Waals surface area contributed by atoms with Gasteiger partial charge in [0.05, 0.1) is 32.6 Å². The normalized spacial score (nSPS) is 13.6. The first-order valence-corrected chi connectivity index (χ1v) is 12.3. The zero-order valence-corrected chi connectivity index (χ0v) is 21.4. The quantitative estimate of drug-likeness (QED) is 0.204. The fraction of sp³-hybridized carbons (Fsp3) is 0.172. The van der Waals surface area contributed by atoms with Gasteiger partial charge >= 0.3 is 6.18 Å². The van der Waals surface area contributed by atoms with Crippen molar-refractivity contribution in [2.45, 2.75) is 32.1 Å². The molecule has 3 aromatic carbocycles. The predicted octanol–water partition coefficient (Wildman–Crippen LogP) is 9.61. The summed E-state index contributed by atoms with van der Waals surface area (Å²) in [5, 5.41) is 0.367. The van der Waals surface area contributed by atoms with Gasteiger partial charge in [0, 0.05) is 22.3 Å². The van der Waals surface area contributed by atoms with E-state index in [-0.39, 0.29) is 49.5 Å². The third kappa shape index (κ3) is 4.37. The van der Waals surface area contributed by atoms with Gasteiger partial charge in [-0.1, -0.05) is 61.3 Å². The summed E-state index contributed by atoms with van der Waals surface area (Å²) in [6, 6.07) is 11.9. The van der Waals surface area contributed by atoms with Crippen molar-refractivity contribution in [3.05, 3.63) is 110 Å². The lowest BCUT2D eigenvalue weighted by Gasteiger charge is -2.23. The molecule has 194 valence electrons. The largest absolute Gasteiger partial charge is 0.416 e. The Kier molecular flexibility index (Phi) is 6.56. The Morgan fingerprint density at radius 1 is 0.842 bits per heavy atom. The fourth-order valence-electron chi connectivity index (χ4n) is 4.72. The standard InChI is InChI=1S/C29H18Cl2F5NO/c1-13(2)26-23(25(33)15-3-7-16(8-4-15)29(34,35)36)22(14-5-9-17(32)10-6-14)24-27(37-26)18-11-20(30)21(31)12-19(18)28(24)38/h3-13,25H,1-2H3. The van der Waals surface area contributed by atoms with E-state index in [0.717, 1.165) is 24.3 Å². The number of hydrogen-bond acceptors (Lipinski definition) is 2. The molecule has 0 bridgehead atoms. The minimum Gasteiger partial charge on any atom is -0.288 e. The number of pyridine rings is 1. The smallest absolute Gasteiger partial charge is 0.288 e. The lowest BCUT2D eigenvalue weighted by atomic mass is 9.85. The predicted molar refractivity (Wildman–Crippen MR) is 137 cm³/mol. The van der Waals surface area contributed by atoms with E-state index in [2.05, 4.69) is 0 Å². The van der Waals surface area contributed by atoms with Gasteiger partial charge in [0.2, 0.25) is 0 Å². The molecule has 1 aromatic heterocycles. The van der Waals surface area contributed by atoms with Gasteiger partial charge in [0.1, 0.15) is 5.82 Å². The Hall–Kier alpha value is -3.29. The molecule has 0 saturated heterocycles. The maximum atomic E-state index is 16.4. The molecule has 1 unspecified atom stereocenters. The third-order valence-corrected chi connectivity index (χ3v) is 7.24. The zero-order valence-electron chi connectivity index (χ0n) is 19.9. The molecule has 1 heterocycles. The highest BCUT2D eigenvalue weighted by atomic mass is 35.5. The van der Waals surface area contributed by atoms with Crippen LogP contribution in [0.3, 0.4) is 0 Å². The summed E-state index contributed by atoms with van der Waals surface area (Å²) in [6.07, 6.45) is -6.51. The molecule has 1 aliphatic carbocycles. The fourth-order valence-corrected chi connectivity index (χ4v) is 5.05. The van der Waals surface area contributed by atoms with E-state index in [0.29, 0.717) is 16.8 Å². The molecule has 0 saturated carbocycles. The van der Waals surface area contributed by atoms with Gasteiger partial charge in [-0.15, -0.1) is 0 Å². The second-order valence-corrected chi connectivity index (χ2v) is 10.1. The van der Waals surface area contributed by atoms with Crippen LogP contribution in [0.2, 0.25) is 10.0 Å². The molecule has 0 spiro atoms. The monoisotopic (exact) mass is 561 g/mol. The van der Waals surface area contributed by atoms with Crippen LogP contribution >= 0.6 is 23.2 Å². The van der Waals surface area contributed by atoms with Crippen molar-refractivity contribution >= 4 is 29.0 Å². The summed E-state index contributed by atoms with van der Waals surface area (Å²) in [4.78, 5) is 18.4. The molecule has 4 aromatic rings. The number of fused-ring (bicyclic) bond motifs is 3. The molecule has 0 radical (unpaired) electrons. The van der Waals surface area contributed by atoms with Gasteiger partial charge in [-0.2, -0.15) is 13.2 Å². The van der Waals surface area contributed by atoms with Crippen LogP contribution in [-0.4, -0.2) is 10.8 Å². The van der Waals surface area contributed by atoms with Crippen molar-refractivity contribution in [2.75, 3.05) is 0 Å². The molecule has 0 aliphatic heterocycles. The summed E-state index contributed by atoms with van der Waals surface area (Å²) >= 11 is 12.4. The summed E-state index contributed by atoms with van der Waals surface area (Å²) in [6.45, 7) is 3.58. The Morgan fingerprint density at radius 3 is 1.97 bits per heavy atom. The number of ketones is 1. The van der Waals surface area contributed by atoms with E-state index < -0.39 is 29.5 Å². The van der Waals surface area contributed by atoms with Crippen molar-refractivity contribution in [1.82, 2.24) is 4.98 Å². The summed E-state index contributed by atoms with van der Waals surface area (Å²) in [5.74, 6) is -1.33. The second kappa shape index (κ2) is 9.47. The van der Waals surface area contributed by atoms with Gasteiger partial charge in [-0.05, 0) is 53.4 Å². The number of carbonyl (C=O) groups is 1. The number of rotatable bonds is 4. The van der Waals surface area contributed by atoms with E-state index in [4.69, 9.17) is 28.2 Å². The third-order valence-electron chi connectivity index (χ3n) is 6.52. The molecule has 1 atom stereocenters. The Labute approximate surface area is 225 Å². The van der Waals surface area contributed by atoms with E-state index in [9.17, 15) is 22.4 Å². The van der Waals surface area contributed by atoms with E-state index >= 15 is 4.39 Å². The Morgan fingerprint density at radius 2 is 1.42 bits per heavy atom. The Bertz CT molecular complexity index is 1580. The lowest BCUT2D eigenvalue weighted by Crippen LogP contribution is -2.12. The highest BCUT2D eigenvalue weighted by Crippen LogP contribution is 2.49. The first-order chi connectivity index (χ1) is 17.9. The van der Waals surface area contributed by atoms with Crippen molar-refractivity contribution in [3.63, 3.8) is 0 Å². The molecular formula is C29H18Cl2F5NO. The van der Waals surface area contributed by atoms with Crippen LogP contribution in [0.1, 0.15) is 64.2 Å². The SMILES string of the molecule is CC(C)c1nc2c(c(-c3ccc(F)cc3)c1C(F)c1ccc(C(F)(F)F)cc1)C(=O)c1cc(Cl)c(Cl)cc1-2. The number of aromatic nitrogens is 1. The molecular weight excluding hydrogens is 544 g/mol. The van der Waals surface area contributed by atoms with E-state index in [1.165, 1.54) is 36.4 Å². The first kappa shape index (κ1) is 26.3. The Balaban J connectivity index is 1.83. The van der Waals surface area contributed by atoms with Gasteiger partial charge < -0.3 is 0 Å². The zero-order chi connectivity index (χ0) is 27.5. The molecule has 5 rings (SSSR count). The van der Waals surface area contributed by atoms with E-state index in [1.54, 1.807) is 13.8 Å². The van der Waals surface area contributed by atoms with Crippen molar-refractivity contribution in [1.29, 1.82) is 0 Å². The van der Waals surface area contributed by atoms with Crippen molar-refractivity contribution in [2.24, 2.45) is 0 Å². The van der Waals surface area contributed by atoms with Crippen LogP contribution in [-0.2, 0) is 6.18 Å². The summed E-state index contributed by atoms with van der Waals surface area (Å²) < 4.78 is 69.7. The average Bonchev–Trinajstić information content (AvgIpc) is 3.13. The van der Waals surface area contributed by atoms with Crippen LogP contribution in [0.25, 0.3) is 22.4 Å².